The Balaban J connectivity index is 0.000000207. The van der Waals surface area contributed by atoms with E-state index in [1.807, 2.05) is 24.8 Å². The van der Waals surface area contributed by atoms with Crippen LogP contribution in [0.15, 0.2) is 413 Å². The number of pyridine rings is 4. The van der Waals surface area contributed by atoms with E-state index in [4.69, 9.17) is 19.9 Å². The molecule has 126 heavy (non-hydrogen) atoms. The van der Waals surface area contributed by atoms with Gasteiger partial charge in [-0.05, 0) is 217 Å². The Morgan fingerprint density at radius 3 is 0.706 bits per heavy atom. The minimum absolute atomic E-state index is 0. The molecule has 0 spiro atoms. The number of rotatable bonds is 5. The Morgan fingerprint density at radius 1 is 0.190 bits per heavy atom. The SMILES string of the molecule is Cc1cc(C)cc(-c2ccccc2-c2c[c-]c(-c3ccc(-c4ccccc4-c4cc(C)cc(C)c4)cn3)cc2)c1.[Ir+3].[Ir].[c-]1cc2ccc1c1ccc(cn1)c1ccccc1c1cc3cc(c1)c1ccccc1c1ccc(nc1)c1[c-]cc(cc1)c1ccccc1c1cc(cc(c1)c1ccccc1c1c[c-]c(cc1)c1ccc(cn1)c1ccccc31)c1ccccc21. The van der Waals surface area contributed by atoms with Gasteiger partial charge in [-0.15, -0.1) is 119 Å². The third-order valence-electron chi connectivity index (χ3n) is 24.1. The number of nitrogens with zero attached hydrogens (tertiary/aromatic N) is 4. The second-order valence-corrected chi connectivity index (χ2v) is 32.4. The van der Waals surface area contributed by atoms with Crippen molar-refractivity contribution in [1.82, 2.24) is 19.9 Å². The third kappa shape index (κ3) is 16.2. The van der Waals surface area contributed by atoms with Crippen LogP contribution in [0, 0.1) is 52.0 Å². The van der Waals surface area contributed by atoms with E-state index in [1.54, 1.807) is 0 Å². The molecule has 4 nitrogen and oxygen atoms in total. The Hall–Kier alpha value is -14.6. The molecular formula is C120H80Ir2N4-. The zero-order valence-corrected chi connectivity index (χ0v) is 74.5. The van der Waals surface area contributed by atoms with E-state index in [-0.39, 0.29) is 40.2 Å². The fourth-order valence-electron chi connectivity index (χ4n) is 18.2. The zero-order chi connectivity index (χ0) is 83.1. The molecule has 0 fully saturated rings. The van der Waals surface area contributed by atoms with E-state index in [0.717, 1.165) is 184 Å². The molecule has 6 heteroatoms. The maximum absolute atomic E-state index is 5.14. The van der Waals surface area contributed by atoms with Gasteiger partial charge in [-0.1, -0.05) is 345 Å². The van der Waals surface area contributed by atoms with Crippen molar-refractivity contribution >= 4 is 162 Å². The molecule has 0 atom stereocenters. The Bertz CT molecular complexity index is 7230. The number of hydrogen-bond donors (Lipinski definition) is 0. The molecule has 1 radical (unpaired) electrons. The number of aromatic nitrogens is 4. The second kappa shape index (κ2) is 35.3. The zero-order valence-electron chi connectivity index (χ0n) is 69.7. The van der Waals surface area contributed by atoms with Crippen LogP contribution in [-0.2, 0) is 40.2 Å². The predicted octanol–water partition coefficient (Wildman–Crippen LogP) is 32.1. The first-order chi connectivity index (χ1) is 61.0. The Labute approximate surface area is 758 Å². The molecule has 0 aliphatic heterocycles. The van der Waals surface area contributed by atoms with Crippen LogP contribution in [0.2, 0.25) is 0 Å². The molecule has 0 amide bonds. The normalized spacial score (nSPS) is 11.2. The average Bonchev–Trinajstić information content (AvgIpc) is 1.31. The largest absolute Gasteiger partial charge is 3.00 e. The molecule has 20 heterocycles. The van der Waals surface area contributed by atoms with Gasteiger partial charge in [-0.2, -0.15) is 0 Å². The summed E-state index contributed by atoms with van der Waals surface area (Å²) in [4.78, 5) is 20.3. The third-order valence-corrected chi connectivity index (χ3v) is 24.1. The van der Waals surface area contributed by atoms with Crippen LogP contribution >= 0.6 is 0 Å². The predicted molar refractivity (Wildman–Crippen MR) is 527 cm³/mol. The van der Waals surface area contributed by atoms with Gasteiger partial charge in [-0.3, -0.25) is 0 Å². The van der Waals surface area contributed by atoms with Crippen molar-refractivity contribution in [3.63, 3.8) is 0 Å². The first-order valence-electron chi connectivity index (χ1n) is 42.2. The van der Waals surface area contributed by atoms with E-state index < -0.39 is 0 Å². The van der Waals surface area contributed by atoms with Gasteiger partial charge in [0.1, 0.15) is 0 Å². The van der Waals surface area contributed by atoms with Gasteiger partial charge in [0.2, 0.25) is 0 Å². The van der Waals surface area contributed by atoms with Gasteiger partial charge >= 0.3 is 20.1 Å². The maximum atomic E-state index is 5.14. The van der Waals surface area contributed by atoms with Crippen molar-refractivity contribution in [2.75, 3.05) is 0 Å². The van der Waals surface area contributed by atoms with Gasteiger partial charge in [0, 0.05) is 44.9 Å². The van der Waals surface area contributed by atoms with E-state index in [1.165, 1.54) is 55.6 Å². The number of hydrogen-bond acceptors (Lipinski definition) is 4. The van der Waals surface area contributed by atoms with Gasteiger partial charge in [0.15, 0.2) is 0 Å². The number of aryl methyl sites for hydroxylation is 4. The molecule has 599 valence electrons. The molecule has 0 saturated heterocycles. The molecule has 0 saturated carbocycles. The molecule has 0 unspecified atom stereocenters. The number of benzene rings is 16. The molecule has 27 aromatic carbocycles. The van der Waals surface area contributed by atoms with Gasteiger partial charge in [0.05, 0.1) is 0 Å². The van der Waals surface area contributed by atoms with Crippen molar-refractivity contribution in [2.45, 2.75) is 27.7 Å². The molecular weight excluding hydrogens is 1880 g/mol. The Kier molecular flexibility index (Phi) is 22.7. The molecule has 20 aromatic heterocycles. The molecule has 0 aliphatic rings. The molecule has 47 rings (SSSR count). The summed E-state index contributed by atoms with van der Waals surface area (Å²) in [6.07, 6.45) is 7.99. The van der Waals surface area contributed by atoms with Crippen LogP contribution in [-0.4, -0.2) is 19.9 Å². The van der Waals surface area contributed by atoms with Crippen molar-refractivity contribution in [2.24, 2.45) is 0 Å². The monoisotopic (exact) mass is 1960 g/mol. The fourth-order valence-corrected chi connectivity index (χ4v) is 18.2. The maximum Gasteiger partial charge on any atom is 3.00 e. The summed E-state index contributed by atoms with van der Waals surface area (Å²) in [6, 6.07) is 154. The van der Waals surface area contributed by atoms with Crippen LogP contribution < -0.4 is 0 Å². The van der Waals surface area contributed by atoms with Crippen LogP contribution in [0.3, 0.4) is 0 Å². The minimum atomic E-state index is 0. The van der Waals surface area contributed by atoms with Gasteiger partial charge < -0.3 is 19.9 Å². The summed E-state index contributed by atoms with van der Waals surface area (Å²) in [5, 5.41) is 28.9. The minimum Gasteiger partial charge on any atom is -0.304 e. The van der Waals surface area contributed by atoms with Gasteiger partial charge in [-0.25, -0.2) is 0 Å². The molecule has 18 bridgehead atoms. The van der Waals surface area contributed by atoms with Crippen molar-refractivity contribution in [3.8, 4) is 55.8 Å². The van der Waals surface area contributed by atoms with Gasteiger partial charge in [0.25, 0.3) is 0 Å². The van der Waals surface area contributed by atoms with Crippen molar-refractivity contribution < 1.29 is 40.2 Å². The summed E-state index contributed by atoms with van der Waals surface area (Å²) in [5.41, 5.74) is 19.2. The summed E-state index contributed by atoms with van der Waals surface area (Å²) >= 11 is 0. The van der Waals surface area contributed by atoms with Crippen LogP contribution in [0.25, 0.3) is 218 Å². The first-order valence-corrected chi connectivity index (χ1v) is 42.2. The quantitative estimate of drug-likeness (QED) is 0.161. The second-order valence-electron chi connectivity index (χ2n) is 32.4. The molecule has 0 aliphatic carbocycles. The molecule has 47 aromatic rings. The fraction of sp³-hybridized carbons (Fsp3) is 0.0333. The smallest absolute Gasteiger partial charge is 0.304 e. The molecule has 0 N–H and O–H groups in total. The standard InChI is InChI=1S/C81H48N3.C39H32N.2Ir/c1-7-19-73-61-43-62-45-63(44-61)75-21-9-3-15-69(75)54-29-35-57(36-30-54)81-42-39-60(51-84-81)72-18-6-12-24-78(72)66-47-64(76-22-10-4-16-70(76)58-37-40-79(82-49-58)55-31-25-52(26-32-55)67(73)13-1)46-65(48-66)77-23-11-5-17-71(77)59-38-41-80(83-50-59)56-33-27-53(28-34-56)68-14-2-8-20-74(62)68;1-26-19-27(2)22-33(21-26)37-11-7-5-9-35(37)30-13-15-31(16-14-30)39-18-17-32(25-40-39)36-10-6-8-12-38(36)34-23-28(3)20-29(4)24-34;;/h1-31,33,35,37-51H;5-15,17-25H,1-4H3;;/q-3;-1;;+3. The topological polar surface area (TPSA) is 51.6 Å². The van der Waals surface area contributed by atoms with E-state index in [2.05, 4.69) is 440 Å². The first kappa shape index (κ1) is 81.1. The van der Waals surface area contributed by atoms with Crippen LogP contribution in [0.5, 0.6) is 0 Å². The van der Waals surface area contributed by atoms with Crippen LogP contribution in [0.1, 0.15) is 22.3 Å². The summed E-state index contributed by atoms with van der Waals surface area (Å²) in [5.74, 6) is 0. The van der Waals surface area contributed by atoms with E-state index >= 15 is 0 Å². The average molecular weight is 1960 g/mol. The summed E-state index contributed by atoms with van der Waals surface area (Å²) < 4.78 is 0. The van der Waals surface area contributed by atoms with Crippen molar-refractivity contribution in [3.05, 3.63) is 460 Å². The van der Waals surface area contributed by atoms with Crippen molar-refractivity contribution in [1.29, 1.82) is 0 Å². The summed E-state index contributed by atoms with van der Waals surface area (Å²) in [6.45, 7) is 8.61. The summed E-state index contributed by atoms with van der Waals surface area (Å²) in [7, 11) is 0. The van der Waals surface area contributed by atoms with Crippen LogP contribution in [0.4, 0.5) is 0 Å². The Morgan fingerprint density at radius 2 is 0.452 bits per heavy atom. The van der Waals surface area contributed by atoms with E-state index in [9.17, 15) is 0 Å². The van der Waals surface area contributed by atoms with E-state index in [0.29, 0.717) is 0 Å².